The lowest BCUT2D eigenvalue weighted by Crippen LogP contribution is -2.05. The summed E-state index contributed by atoms with van der Waals surface area (Å²) >= 11 is 9.62. The topological polar surface area (TPSA) is 12.9 Å². The van der Waals surface area contributed by atoms with Crippen LogP contribution < -0.4 is 0 Å². The standard InChI is InChI=1S/C14H12BrClFN/c1-9(10-5-7-18-8-6-10)14(15)13-11(16)3-2-4-12(13)17/h2-9,14H,1H3. The van der Waals surface area contributed by atoms with Crippen molar-refractivity contribution in [3.63, 3.8) is 0 Å². The van der Waals surface area contributed by atoms with Crippen LogP contribution in [0.15, 0.2) is 42.7 Å². The molecule has 2 unspecified atom stereocenters. The van der Waals surface area contributed by atoms with Gasteiger partial charge >= 0.3 is 0 Å². The zero-order valence-electron chi connectivity index (χ0n) is 9.78. The van der Waals surface area contributed by atoms with Crippen LogP contribution in [-0.2, 0) is 0 Å². The molecule has 0 saturated heterocycles. The summed E-state index contributed by atoms with van der Waals surface area (Å²) in [7, 11) is 0. The number of aromatic nitrogens is 1. The zero-order valence-corrected chi connectivity index (χ0v) is 12.1. The SMILES string of the molecule is CC(c1ccncc1)C(Br)c1c(F)cccc1Cl. The number of benzene rings is 1. The van der Waals surface area contributed by atoms with Gasteiger partial charge in [-0.25, -0.2) is 4.39 Å². The first-order valence-corrected chi connectivity index (χ1v) is 6.88. The number of halogens is 3. The Labute approximate surface area is 119 Å². The van der Waals surface area contributed by atoms with Crippen LogP contribution in [0.5, 0.6) is 0 Å². The van der Waals surface area contributed by atoms with Gasteiger partial charge in [0.25, 0.3) is 0 Å². The summed E-state index contributed by atoms with van der Waals surface area (Å²) in [6, 6.07) is 8.58. The molecule has 94 valence electrons. The van der Waals surface area contributed by atoms with Gasteiger partial charge < -0.3 is 0 Å². The van der Waals surface area contributed by atoms with Crippen LogP contribution in [0.2, 0.25) is 5.02 Å². The number of alkyl halides is 1. The summed E-state index contributed by atoms with van der Waals surface area (Å²) in [5.74, 6) is -0.187. The highest BCUT2D eigenvalue weighted by atomic mass is 79.9. The van der Waals surface area contributed by atoms with E-state index in [0.717, 1.165) is 5.56 Å². The third kappa shape index (κ3) is 2.73. The van der Waals surface area contributed by atoms with Crippen molar-refractivity contribution in [3.8, 4) is 0 Å². The quantitative estimate of drug-likeness (QED) is 0.713. The molecular weight excluding hydrogens is 317 g/mol. The van der Waals surface area contributed by atoms with Gasteiger partial charge in [-0.05, 0) is 35.7 Å². The minimum atomic E-state index is -0.287. The number of nitrogens with zero attached hydrogens (tertiary/aromatic N) is 1. The molecule has 0 spiro atoms. The van der Waals surface area contributed by atoms with E-state index in [0.29, 0.717) is 10.6 Å². The lowest BCUT2D eigenvalue weighted by atomic mass is 9.94. The molecule has 0 aliphatic carbocycles. The van der Waals surface area contributed by atoms with E-state index in [1.54, 1.807) is 24.5 Å². The molecule has 1 nitrogen and oxygen atoms in total. The van der Waals surface area contributed by atoms with Crippen LogP contribution in [0, 0.1) is 5.82 Å². The van der Waals surface area contributed by atoms with Gasteiger partial charge in [0.05, 0.1) is 4.83 Å². The van der Waals surface area contributed by atoms with Crippen molar-refractivity contribution in [1.82, 2.24) is 4.98 Å². The van der Waals surface area contributed by atoms with Gasteiger partial charge in [0.1, 0.15) is 5.82 Å². The molecule has 2 aromatic rings. The second-order valence-electron chi connectivity index (χ2n) is 4.11. The van der Waals surface area contributed by atoms with Crippen molar-refractivity contribution < 1.29 is 4.39 Å². The van der Waals surface area contributed by atoms with Crippen LogP contribution >= 0.6 is 27.5 Å². The van der Waals surface area contributed by atoms with Crippen LogP contribution in [-0.4, -0.2) is 4.98 Å². The van der Waals surface area contributed by atoms with Gasteiger partial charge in [0.2, 0.25) is 0 Å². The monoisotopic (exact) mass is 327 g/mol. The van der Waals surface area contributed by atoms with Gasteiger partial charge in [-0.3, -0.25) is 4.98 Å². The van der Waals surface area contributed by atoms with E-state index in [4.69, 9.17) is 11.6 Å². The van der Waals surface area contributed by atoms with Gasteiger partial charge in [0, 0.05) is 23.0 Å². The largest absolute Gasteiger partial charge is 0.265 e. The first-order valence-electron chi connectivity index (χ1n) is 5.59. The third-order valence-corrected chi connectivity index (χ3v) is 4.53. The third-order valence-electron chi connectivity index (χ3n) is 2.95. The molecule has 2 atom stereocenters. The Hall–Kier alpha value is -0.930. The Kier molecular flexibility index (Phi) is 4.36. The minimum absolute atomic E-state index is 0.0994. The lowest BCUT2D eigenvalue weighted by Gasteiger charge is -2.20. The molecule has 0 saturated carbocycles. The van der Waals surface area contributed by atoms with E-state index >= 15 is 0 Å². The molecule has 0 fully saturated rings. The number of rotatable bonds is 3. The molecule has 1 aromatic heterocycles. The van der Waals surface area contributed by atoms with Gasteiger partial charge in [0.15, 0.2) is 0 Å². The molecular formula is C14H12BrClFN. The highest BCUT2D eigenvalue weighted by Gasteiger charge is 2.23. The fourth-order valence-electron chi connectivity index (χ4n) is 1.86. The molecule has 4 heteroatoms. The molecule has 0 aliphatic heterocycles. The molecule has 2 rings (SSSR count). The molecule has 0 bridgehead atoms. The van der Waals surface area contributed by atoms with E-state index in [1.807, 2.05) is 19.1 Å². The average Bonchev–Trinajstić information content (AvgIpc) is 2.38. The van der Waals surface area contributed by atoms with E-state index in [2.05, 4.69) is 20.9 Å². The fourth-order valence-corrected chi connectivity index (χ4v) is 3.04. The second-order valence-corrected chi connectivity index (χ2v) is 5.50. The Morgan fingerprint density at radius 2 is 1.89 bits per heavy atom. The molecule has 0 aliphatic rings. The normalized spacial score (nSPS) is 14.2. The maximum absolute atomic E-state index is 13.9. The summed E-state index contributed by atoms with van der Waals surface area (Å²) in [6.07, 6.45) is 3.46. The van der Waals surface area contributed by atoms with E-state index in [9.17, 15) is 4.39 Å². The van der Waals surface area contributed by atoms with Gasteiger partial charge in [-0.15, -0.1) is 0 Å². The smallest absolute Gasteiger partial charge is 0.129 e. The first kappa shape index (κ1) is 13.5. The maximum atomic E-state index is 13.9. The molecule has 1 heterocycles. The number of pyridine rings is 1. The molecule has 0 radical (unpaired) electrons. The lowest BCUT2D eigenvalue weighted by molar-refractivity contribution is 0.596. The van der Waals surface area contributed by atoms with E-state index in [-0.39, 0.29) is 16.6 Å². The van der Waals surface area contributed by atoms with Crippen LogP contribution in [0.25, 0.3) is 0 Å². The zero-order chi connectivity index (χ0) is 13.1. The Morgan fingerprint density at radius 1 is 1.22 bits per heavy atom. The van der Waals surface area contributed by atoms with Crippen LogP contribution in [0.1, 0.15) is 28.8 Å². The maximum Gasteiger partial charge on any atom is 0.129 e. The Bertz CT molecular complexity index is 512. The van der Waals surface area contributed by atoms with Crippen molar-refractivity contribution in [3.05, 3.63) is 64.7 Å². The van der Waals surface area contributed by atoms with Crippen molar-refractivity contribution in [2.75, 3.05) is 0 Å². The van der Waals surface area contributed by atoms with Crippen molar-refractivity contribution in [1.29, 1.82) is 0 Å². The Morgan fingerprint density at radius 3 is 2.50 bits per heavy atom. The molecule has 1 aromatic carbocycles. The molecule has 0 amide bonds. The Balaban J connectivity index is 2.34. The predicted molar refractivity (Wildman–Crippen MR) is 75.7 cm³/mol. The van der Waals surface area contributed by atoms with Crippen molar-refractivity contribution >= 4 is 27.5 Å². The summed E-state index contributed by atoms with van der Waals surface area (Å²) in [6.45, 7) is 2.03. The van der Waals surface area contributed by atoms with Crippen LogP contribution in [0.4, 0.5) is 4.39 Å². The molecule has 0 N–H and O–H groups in total. The number of hydrogen-bond donors (Lipinski definition) is 0. The average molecular weight is 329 g/mol. The number of hydrogen-bond acceptors (Lipinski definition) is 1. The summed E-state index contributed by atoms with van der Waals surface area (Å²) in [5, 5.41) is 0.442. The minimum Gasteiger partial charge on any atom is -0.265 e. The van der Waals surface area contributed by atoms with Crippen molar-refractivity contribution in [2.24, 2.45) is 0 Å². The summed E-state index contributed by atoms with van der Waals surface area (Å²) < 4.78 is 13.9. The molecule has 18 heavy (non-hydrogen) atoms. The van der Waals surface area contributed by atoms with Gasteiger partial charge in [-0.2, -0.15) is 0 Å². The van der Waals surface area contributed by atoms with E-state index in [1.165, 1.54) is 6.07 Å². The highest BCUT2D eigenvalue weighted by molar-refractivity contribution is 9.09. The highest BCUT2D eigenvalue weighted by Crippen LogP contribution is 2.41. The fraction of sp³-hybridized carbons (Fsp3) is 0.214. The first-order chi connectivity index (χ1) is 8.61. The summed E-state index contributed by atoms with van der Waals surface area (Å²) in [4.78, 5) is 3.81. The second kappa shape index (κ2) is 5.81. The van der Waals surface area contributed by atoms with Crippen molar-refractivity contribution in [2.45, 2.75) is 17.7 Å². The van der Waals surface area contributed by atoms with Gasteiger partial charge in [-0.1, -0.05) is 40.5 Å². The summed E-state index contributed by atoms with van der Waals surface area (Å²) in [5.41, 5.74) is 1.59. The van der Waals surface area contributed by atoms with E-state index < -0.39 is 0 Å². The van der Waals surface area contributed by atoms with Crippen LogP contribution in [0.3, 0.4) is 0 Å². The predicted octanol–water partition coefficient (Wildman–Crippen LogP) is 5.11.